The maximum Gasteiger partial charge on any atom is 0.274 e. The largest absolute Gasteiger partial charge is 0.382 e. The first-order valence-electron chi connectivity index (χ1n) is 10.9. The molecule has 0 aliphatic rings. The van der Waals surface area contributed by atoms with E-state index in [1.54, 1.807) is 36.4 Å². The molecule has 1 amide bonds. The van der Waals surface area contributed by atoms with Gasteiger partial charge in [-0.15, -0.1) is 0 Å². The number of pyridine rings is 3. The first-order chi connectivity index (χ1) is 16.6. The van der Waals surface area contributed by atoms with E-state index in [4.69, 9.17) is 9.47 Å². The second-order valence-electron chi connectivity index (χ2n) is 7.52. The minimum absolute atomic E-state index is 0.301. The third kappa shape index (κ3) is 5.89. The first kappa shape index (κ1) is 23.2. The number of anilines is 1. The molecule has 4 aromatic heterocycles. The molecule has 1 N–H and O–H groups in total. The van der Waals surface area contributed by atoms with E-state index in [0.29, 0.717) is 54.8 Å². The van der Waals surface area contributed by atoms with Gasteiger partial charge in [-0.2, -0.15) is 5.10 Å². The lowest BCUT2D eigenvalue weighted by Crippen LogP contribution is -2.14. The van der Waals surface area contributed by atoms with Crippen LogP contribution in [0.3, 0.4) is 0 Å². The Hall–Kier alpha value is -3.95. The molecule has 0 radical (unpaired) electrons. The molecular weight excluding hydrogens is 432 g/mol. The molecule has 0 atom stereocenters. The van der Waals surface area contributed by atoms with E-state index in [-0.39, 0.29) is 5.91 Å². The maximum absolute atomic E-state index is 13.1. The van der Waals surface area contributed by atoms with Crippen LogP contribution in [0.2, 0.25) is 0 Å². The Morgan fingerprint density at radius 1 is 1.00 bits per heavy atom. The lowest BCUT2D eigenvalue weighted by Gasteiger charge is -2.07. The average molecular weight is 459 g/mol. The van der Waals surface area contributed by atoms with E-state index < -0.39 is 0 Å². The summed E-state index contributed by atoms with van der Waals surface area (Å²) in [6.45, 7) is 3.95. The molecule has 4 rings (SSSR count). The molecule has 0 saturated heterocycles. The molecule has 174 valence electrons. The molecule has 0 aromatic carbocycles. The lowest BCUT2D eigenvalue weighted by molar-refractivity contribution is 0.0654. The highest BCUT2D eigenvalue weighted by Crippen LogP contribution is 2.25. The van der Waals surface area contributed by atoms with Gasteiger partial charge in [0.05, 0.1) is 43.4 Å². The number of ether oxygens (including phenoxy) is 2. The van der Waals surface area contributed by atoms with Gasteiger partial charge < -0.3 is 14.8 Å². The number of amides is 1. The van der Waals surface area contributed by atoms with E-state index in [1.807, 2.05) is 49.4 Å². The van der Waals surface area contributed by atoms with Gasteiger partial charge in [0.1, 0.15) is 11.4 Å². The van der Waals surface area contributed by atoms with Crippen molar-refractivity contribution >= 4 is 11.6 Å². The van der Waals surface area contributed by atoms with Crippen LogP contribution in [0.4, 0.5) is 5.69 Å². The van der Waals surface area contributed by atoms with Gasteiger partial charge in [0, 0.05) is 37.0 Å². The van der Waals surface area contributed by atoms with E-state index in [9.17, 15) is 4.79 Å². The van der Waals surface area contributed by atoms with Gasteiger partial charge >= 0.3 is 0 Å². The molecule has 0 fully saturated rings. The van der Waals surface area contributed by atoms with Crippen molar-refractivity contribution in [3.63, 3.8) is 0 Å². The van der Waals surface area contributed by atoms with Crippen molar-refractivity contribution in [3.05, 3.63) is 78.5 Å². The van der Waals surface area contributed by atoms with Crippen molar-refractivity contribution in [2.24, 2.45) is 0 Å². The fraction of sp³-hybridized carbons (Fsp3) is 0.240. The van der Waals surface area contributed by atoms with Crippen LogP contribution in [0.15, 0.2) is 67.1 Å². The second kappa shape index (κ2) is 11.3. The molecule has 0 aliphatic heterocycles. The van der Waals surface area contributed by atoms with Crippen LogP contribution >= 0.6 is 0 Å². The van der Waals surface area contributed by atoms with E-state index in [0.717, 1.165) is 11.3 Å². The number of methoxy groups -OCH3 is 1. The van der Waals surface area contributed by atoms with Crippen LogP contribution in [0.5, 0.6) is 0 Å². The van der Waals surface area contributed by atoms with Crippen LogP contribution in [0.1, 0.15) is 16.2 Å². The third-order valence-corrected chi connectivity index (χ3v) is 4.99. The molecule has 0 saturated carbocycles. The zero-order chi connectivity index (χ0) is 23.8. The first-order valence-corrected chi connectivity index (χ1v) is 10.9. The fourth-order valence-electron chi connectivity index (χ4n) is 3.33. The quantitative estimate of drug-likeness (QED) is 0.362. The number of aryl methyl sites for hydroxylation is 1. The molecule has 9 heteroatoms. The van der Waals surface area contributed by atoms with Gasteiger partial charge in [0.15, 0.2) is 0 Å². The summed E-state index contributed by atoms with van der Waals surface area (Å²) in [6.07, 6.45) is 5.19. The minimum Gasteiger partial charge on any atom is -0.382 e. The van der Waals surface area contributed by atoms with Crippen LogP contribution in [-0.2, 0) is 16.0 Å². The Labute approximate surface area is 197 Å². The predicted molar refractivity (Wildman–Crippen MR) is 128 cm³/mol. The molecule has 4 aromatic rings. The van der Waals surface area contributed by atoms with Crippen molar-refractivity contribution in [3.8, 4) is 22.6 Å². The number of hydrogen-bond acceptors (Lipinski definition) is 7. The third-order valence-electron chi connectivity index (χ3n) is 4.99. The number of aromatic nitrogens is 5. The van der Waals surface area contributed by atoms with Gasteiger partial charge in [-0.25, -0.2) is 4.98 Å². The molecule has 9 nitrogen and oxygen atoms in total. The smallest absolute Gasteiger partial charge is 0.274 e. The van der Waals surface area contributed by atoms with Crippen LogP contribution in [-0.4, -0.2) is 57.6 Å². The molecule has 0 unspecified atom stereocenters. The highest BCUT2D eigenvalue weighted by molar-refractivity contribution is 6.04. The lowest BCUT2D eigenvalue weighted by atomic mass is 10.1. The van der Waals surface area contributed by atoms with E-state index in [1.165, 1.54) is 0 Å². The van der Waals surface area contributed by atoms with Gasteiger partial charge in [-0.1, -0.05) is 12.1 Å². The minimum atomic E-state index is -0.333. The molecule has 0 aliphatic carbocycles. The molecular formula is C25H26N6O3. The molecule has 0 bridgehead atoms. The van der Waals surface area contributed by atoms with Crippen molar-refractivity contribution in [1.82, 2.24) is 24.7 Å². The maximum atomic E-state index is 13.1. The summed E-state index contributed by atoms with van der Waals surface area (Å²) in [5.41, 5.74) is 4.57. The van der Waals surface area contributed by atoms with Crippen LogP contribution < -0.4 is 5.32 Å². The van der Waals surface area contributed by atoms with Crippen LogP contribution in [0, 0.1) is 6.92 Å². The van der Waals surface area contributed by atoms with Gasteiger partial charge in [-0.05, 0) is 43.3 Å². The van der Waals surface area contributed by atoms with Crippen molar-refractivity contribution in [2.75, 3.05) is 32.2 Å². The average Bonchev–Trinajstić information content (AvgIpc) is 3.27. The molecule has 0 spiro atoms. The summed E-state index contributed by atoms with van der Waals surface area (Å²) in [4.78, 5) is 26.3. The Morgan fingerprint density at radius 2 is 1.88 bits per heavy atom. The Morgan fingerprint density at radius 3 is 2.68 bits per heavy atom. The van der Waals surface area contributed by atoms with E-state index in [2.05, 4.69) is 25.4 Å². The number of nitrogens with one attached hydrogen (secondary N) is 1. The van der Waals surface area contributed by atoms with Crippen molar-refractivity contribution in [1.29, 1.82) is 0 Å². The topological polar surface area (TPSA) is 104 Å². The Kier molecular flexibility index (Phi) is 7.69. The SMILES string of the molecule is COCCOCCn1cc(NC(=O)c2cccc(-c3ccnc(C)c3)n2)c(-c2ccccn2)n1. The summed E-state index contributed by atoms with van der Waals surface area (Å²) in [5, 5.41) is 7.57. The Balaban J connectivity index is 1.55. The fourth-order valence-corrected chi connectivity index (χ4v) is 3.33. The number of rotatable bonds is 10. The highest BCUT2D eigenvalue weighted by atomic mass is 16.5. The summed E-state index contributed by atoms with van der Waals surface area (Å²) in [5.74, 6) is -0.333. The number of nitrogens with zero attached hydrogens (tertiary/aromatic N) is 5. The van der Waals surface area contributed by atoms with Crippen molar-refractivity contribution < 1.29 is 14.3 Å². The summed E-state index contributed by atoms with van der Waals surface area (Å²) >= 11 is 0. The predicted octanol–water partition coefficient (Wildman–Crippen LogP) is 3.63. The standard InChI is InChI=1S/C25H26N6O3/c1-18-16-19(9-11-26-18)20-7-5-8-22(28-20)25(32)29-23-17-31(12-13-34-15-14-33-2)30-24(23)21-6-3-4-10-27-21/h3-11,16-17H,12-15H2,1-2H3,(H,29,32). The second-order valence-corrected chi connectivity index (χ2v) is 7.52. The van der Waals surface area contributed by atoms with Crippen LogP contribution in [0.25, 0.3) is 22.6 Å². The molecule has 34 heavy (non-hydrogen) atoms. The zero-order valence-corrected chi connectivity index (χ0v) is 19.1. The normalized spacial score (nSPS) is 10.9. The Bertz CT molecular complexity index is 1240. The van der Waals surface area contributed by atoms with Gasteiger partial charge in [0.2, 0.25) is 0 Å². The van der Waals surface area contributed by atoms with Gasteiger partial charge in [-0.3, -0.25) is 19.4 Å². The zero-order valence-electron chi connectivity index (χ0n) is 19.1. The van der Waals surface area contributed by atoms with Gasteiger partial charge in [0.25, 0.3) is 5.91 Å². The summed E-state index contributed by atoms with van der Waals surface area (Å²) in [6, 6.07) is 14.7. The number of carbonyl (C=O) groups excluding carboxylic acids is 1. The number of carbonyl (C=O) groups is 1. The number of hydrogen-bond donors (Lipinski definition) is 1. The monoisotopic (exact) mass is 458 g/mol. The summed E-state index contributed by atoms with van der Waals surface area (Å²) < 4.78 is 12.3. The summed E-state index contributed by atoms with van der Waals surface area (Å²) in [7, 11) is 1.63. The van der Waals surface area contributed by atoms with Crippen molar-refractivity contribution in [2.45, 2.75) is 13.5 Å². The highest BCUT2D eigenvalue weighted by Gasteiger charge is 2.17. The van der Waals surface area contributed by atoms with E-state index >= 15 is 0 Å². The molecule has 4 heterocycles.